The van der Waals surface area contributed by atoms with E-state index < -0.39 is 0 Å². The monoisotopic (exact) mass is 235 g/mol. The van der Waals surface area contributed by atoms with Crippen LogP contribution in [-0.4, -0.2) is 30.8 Å². The van der Waals surface area contributed by atoms with Gasteiger partial charge in [0.25, 0.3) is 0 Å². The summed E-state index contributed by atoms with van der Waals surface area (Å²) in [6, 6.07) is 9.32. The molecule has 2 aliphatic rings. The van der Waals surface area contributed by atoms with Crippen LogP contribution in [0.3, 0.4) is 0 Å². The van der Waals surface area contributed by atoms with Gasteiger partial charge >= 0.3 is 0 Å². The van der Waals surface area contributed by atoms with Gasteiger partial charge in [-0.1, -0.05) is 24.3 Å². The minimum atomic E-state index is 0.516. The van der Waals surface area contributed by atoms with Crippen LogP contribution in [0.25, 0.3) is 0 Å². The van der Waals surface area contributed by atoms with Gasteiger partial charge in [0.05, 0.1) is 18.5 Å². The molecule has 1 aliphatic heterocycles. The number of hydrogen-bond donors (Lipinski definition) is 1. The van der Waals surface area contributed by atoms with Crippen molar-refractivity contribution in [2.45, 2.75) is 23.0 Å². The topological polar surface area (TPSA) is 21.3 Å². The first-order chi connectivity index (χ1) is 7.88. The van der Waals surface area contributed by atoms with E-state index in [0.29, 0.717) is 11.3 Å². The van der Waals surface area contributed by atoms with Crippen molar-refractivity contribution in [2.24, 2.45) is 0 Å². The largest absolute Gasteiger partial charge is 0.379 e. The summed E-state index contributed by atoms with van der Waals surface area (Å²) in [4.78, 5) is 0. The molecule has 0 spiro atoms. The molecule has 0 aromatic heterocycles. The van der Waals surface area contributed by atoms with Crippen LogP contribution in [0.4, 0.5) is 0 Å². The second-order valence-corrected chi connectivity index (χ2v) is 6.05. The summed E-state index contributed by atoms with van der Waals surface area (Å²) in [7, 11) is 2.07. The van der Waals surface area contributed by atoms with Gasteiger partial charge in [0.2, 0.25) is 0 Å². The second-order valence-electron chi connectivity index (χ2n) is 4.50. The van der Waals surface area contributed by atoms with Crippen molar-refractivity contribution in [3.05, 3.63) is 35.4 Å². The molecule has 1 aliphatic carbocycles. The van der Waals surface area contributed by atoms with E-state index in [-0.39, 0.29) is 0 Å². The van der Waals surface area contributed by atoms with E-state index in [9.17, 15) is 0 Å². The van der Waals surface area contributed by atoms with E-state index >= 15 is 0 Å². The van der Waals surface area contributed by atoms with Crippen LogP contribution in [0.15, 0.2) is 24.3 Å². The van der Waals surface area contributed by atoms with Crippen molar-refractivity contribution in [2.75, 3.05) is 20.3 Å². The zero-order chi connectivity index (χ0) is 11.0. The molecule has 2 unspecified atom stereocenters. The van der Waals surface area contributed by atoms with Gasteiger partial charge in [-0.05, 0) is 24.6 Å². The average Bonchev–Trinajstić information content (AvgIpc) is 2.60. The first-order valence-electron chi connectivity index (χ1n) is 5.87. The lowest BCUT2D eigenvalue weighted by Gasteiger charge is -2.30. The molecule has 0 bridgehead atoms. The van der Waals surface area contributed by atoms with Gasteiger partial charge in [-0.25, -0.2) is 0 Å². The fourth-order valence-electron chi connectivity index (χ4n) is 2.57. The first-order valence-corrected chi connectivity index (χ1v) is 6.81. The van der Waals surface area contributed by atoms with E-state index in [1.165, 1.54) is 17.5 Å². The highest BCUT2D eigenvalue weighted by Crippen LogP contribution is 2.40. The molecule has 3 rings (SSSR count). The lowest BCUT2D eigenvalue weighted by molar-refractivity contribution is 0.0452. The lowest BCUT2D eigenvalue weighted by atomic mass is 10.1. The summed E-state index contributed by atoms with van der Waals surface area (Å²) in [5.41, 5.74) is 3.00. The van der Waals surface area contributed by atoms with Gasteiger partial charge in [0.15, 0.2) is 0 Å². The minimum Gasteiger partial charge on any atom is -0.379 e. The molecule has 3 heteroatoms. The van der Waals surface area contributed by atoms with Crippen LogP contribution < -0.4 is 5.32 Å². The standard InChI is InChI=1S/C13H17NOS/c1-14-13-11-5-3-2-4-9(11)6-12(13)16-10-7-15-8-10/h2-5,10,12-14H,6-8H2,1H3. The molecule has 0 radical (unpaired) electrons. The Morgan fingerprint density at radius 3 is 2.81 bits per heavy atom. The third kappa shape index (κ3) is 1.77. The molecule has 0 amide bonds. The summed E-state index contributed by atoms with van der Waals surface area (Å²) < 4.78 is 5.25. The van der Waals surface area contributed by atoms with Gasteiger partial charge in [-0.15, -0.1) is 11.8 Å². The highest BCUT2D eigenvalue weighted by atomic mass is 32.2. The quantitative estimate of drug-likeness (QED) is 0.866. The average molecular weight is 235 g/mol. The molecule has 1 N–H and O–H groups in total. The molecule has 1 fully saturated rings. The molecule has 86 valence electrons. The van der Waals surface area contributed by atoms with Crippen LogP contribution in [-0.2, 0) is 11.2 Å². The Bertz CT molecular complexity index is 378. The van der Waals surface area contributed by atoms with Crippen molar-refractivity contribution in [1.82, 2.24) is 5.32 Å². The summed E-state index contributed by atoms with van der Waals surface area (Å²) in [5.74, 6) is 0. The maximum Gasteiger partial charge on any atom is 0.0608 e. The van der Waals surface area contributed by atoms with E-state index in [4.69, 9.17) is 4.74 Å². The van der Waals surface area contributed by atoms with Crippen molar-refractivity contribution >= 4 is 11.8 Å². The maximum atomic E-state index is 5.25. The number of fused-ring (bicyclic) bond motifs is 1. The molecular weight excluding hydrogens is 218 g/mol. The Morgan fingerprint density at radius 2 is 2.12 bits per heavy atom. The van der Waals surface area contributed by atoms with Crippen molar-refractivity contribution in [1.29, 1.82) is 0 Å². The Morgan fingerprint density at radius 1 is 1.31 bits per heavy atom. The number of nitrogens with one attached hydrogen (secondary N) is 1. The Balaban J connectivity index is 1.77. The Kier molecular flexibility index (Phi) is 2.92. The SMILES string of the molecule is CNC1c2ccccc2CC1SC1COC1. The van der Waals surface area contributed by atoms with Gasteiger partial charge in [0, 0.05) is 11.3 Å². The Hall–Kier alpha value is -0.510. The predicted molar refractivity (Wildman–Crippen MR) is 67.9 cm³/mol. The fourth-order valence-corrected chi connectivity index (χ4v) is 4.13. The van der Waals surface area contributed by atoms with Crippen LogP contribution in [0.5, 0.6) is 0 Å². The third-order valence-corrected chi connectivity index (χ3v) is 4.91. The molecule has 1 aromatic carbocycles. The van der Waals surface area contributed by atoms with Gasteiger partial charge < -0.3 is 10.1 Å². The summed E-state index contributed by atoms with van der Waals surface area (Å²) >= 11 is 2.10. The van der Waals surface area contributed by atoms with Crippen LogP contribution in [0, 0.1) is 0 Å². The zero-order valence-corrected chi connectivity index (χ0v) is 10.3. The first kappa shape index (κ1) is 10.6. The Labute approximate surface area is 101 Å². The van der Waals surface area contributed by atoms with Crippen LogP contribution in [0.1, 0.15) is 17.2 Å². The van der Waals surface area contributed by atoms with E-state index in [2.05, 4.69) is 48.4 Å². The zero-order valence-electron chi connectivity index (χ0n) is 9.48. The maximum absolute atomic E-state index is 5.25. The number of benzene rings is 1. The molecule has 1 saturated heterocycles. The molecule has 1 heterocycles. The summed E-state index contributed by atoms with van der Waals surface area (Å²) in [6.45, 7) is 1.88. The molecule has 2 atom stereocenters. The number of hydrogen-bond acceptors (Lipinski definition) is 3. The van der Waals surface area contributed by atoms with Gasteiger partial charge in [-0.2, -0.15) is 0 Å². The van der Waals surface area contributed by atoms with Crippen molar-refractivity contribution in [3.8, 4) is 0 Å². The second kappa shape index (κ2) is 4.40. The lowest BCUT2D eigenvalue weighted by Crippen LogP contribution is -2.34. The predicted octanol–water partition coefficient (Wildman–Crippen LogP) is 2.00. The molecular formula is C13H17NOS. The third-order valence-electron chi connectivity index (χ3n) is 3.47. The fraction of sp³-hybridized carbons (Fsp3) is 0.538. The molecule has 2 nitrogen and oxygen atoms in total. The normalized spacial score (nSPS) is 28.8. The molecule has 16 heavy (non-hydrogen) atoms. The van der Waals surface area contributed by atoms with E-state index in [0.717, 1.165) is 18.5 Å². The molecule has 0 saturated carbocycles. The highest BCUT2D eigenvalue weighted by molar-refractivity contribution is 8.00. The van der Waals surface area contributed by atoms with Crippen molar-refractivity contribution in [3.63, 3.8) is 0 Å². The smallest absolute Gasteiger partial charge is 0.0608 e. The minimum absolute atomic E-state index is 0.516. The van der Waals surface area contributed by atoms with E-state index in [1.54, 1.807) is 0 Å². The summed E-state index contributed by atoms with van der Waals surface area (Å²) in [5, 5.41) is 4.86. The number of ether oxygens (including phenoxy) is 1. The van der Waals surface area contributed by atoms with Gasteiger partial charge in [-0.3, -0.25) is 0 Å². The van der Waals surface area contributed by atoms with E-state index in [1.807, 2.05) is 0 Å². The number of thioether (sulfide) groups is 1. The molecule has 1 aromatic rings. The number of rotatable bonds is 3. The highest BCUT2D eigenvalue weighted by Gasteiger charge is 2.34. The summed E-state index contributed by atoms with van der Waals surface area (Å²) in [6.07, 6.45) is 1.20. The van der Waals surface area contributed by atoms with Crippen LogP contribution >= 0.6 is 11.8 Å². The van der Waals surface area contributed by atoms with Gasteiger partial charge in [0.1, 0.15) is 0 Å². The van der Waals surface area contributed by atoms with Crippen molar-refractivity contribution < 1.29 is 4.74 Å². The van der Waals surface area contributed by atoms with Crippen LogP contribution in [0.2, 0.25) is 0 Å².